The van der Waals surface area contributed by atoms with Gasteiger partial charge in [-0.05, 0) is 44.3 Å². The minimum absolute atomic E-state index is 0.107. The molecule has 2 rings (SSSR count). The van der Waals surface area contributed by atoms with Crippen LogP contribution in [-0.2, 0) is 10.0 Å². The largest absolute Gasteiger partial charge is 0.494 e. The van der Waals surface area contributed by atoms with E-state index >= 15 is 0 Å². The second kappa shape index (κ2) is 6.89. The number of sulfonamides is 1. The van der Waals surface area contributed by atoms with Gasteiger partial charge < -0.3 is 9.64 Å². The Morgan fingerprint density at radius 3 is 2.75 bits per heavy atom. The fourth-order valence-corrected chi connectivity index (χ4v) is 5.04. The van der Waals surface area contributed by atoms with Gasteiger partial charge in [-0.2, -0.15) is 0 Å². The molecule has 1 N–H and O–H groups in total. The van der Waals surface area contributed by atoms with Crippen molar-refractivity contribution in [3.8, 4) is 5.75 Å². The molecular formula is C13H22N2O3S2. The highest BCUT2D eigenvalue weighted by atomic mass is 32.2. The molecule has 114 valence electrons. The molecule has 5 nitrogen and oxygen atoms in total. The summed E-state index contributed by atoms with van der Waals surface area (Å²) in [5.74, 6) is 0.410. The first-order valence-electron chi connectivity index (χ1n) is 6.89. The molecule has 2 heterocycles. The molecule has 1 aliphatic rings. The Kier molecular flexibility index (Phi) is 5.42. The summed E-state index contributed by atoms with van der Waals surface area (Å²) >= 11 is 1.18. The number of methoxy groups -OCH3 is 1. The summed E-state index contributed by atoms with van der Waals surface area (Å²) in [6.45, 7) is 4.79. The fourth-order valence-electron chi connectivity index (χ4n) is 2.52. The van der Waals surface area contributed by atoms with Crippen molar-refractivity contribution in [3.05, 3.63) is 11.4 Å². The van der Waals surface area contributed by atoms with Crippen LogP contribution in [0.25, 0.3) is 0 Å². The number of piperidine rings is 1. The molecule has 0 spiro atoms. The van der Waals surface area contributed by atoms with Crippen molar-refractivity contribution in [1.29, 1.82) is 0 Å². The number of thiophene rings is 1. The number of likely N-dealkylation sites (tertiary alicyclic amines) is 1. The van der Waals surface area contributed by atoms with E-state index < -0.39 is 10.0 Å². The zero-order valence-corrected chi connectivity index (χ0v) is 13.6. The van der Waals surface area contributed by atoms with E-state index in [1.54, 1.807) is 11.4 Å². The molecule has 1 fully saturated rings. The molecule has 0 radical (unpaired) electrons. The lowest BCUT2D eigenvalue weighted by molar-refractivity contribution is 0.215. The summed E-state index contributed by atoms with van der Waals surface area (Å²) in [5.41, 5.74) is 0. The molecule has 0 bridgehead atoms. The van der Waals surface area contributed by atoms with Crippen molar-refractivity contribution in [1.82, 2.24) is 9.62 Å². The molecule has 1 aromatic rings. The second-order valence-electron chi connectivity index (χ2n) is 5.16. The Hall–Kier alpha value is -0.630. The highest BCUT2D eigenvalue weighted by Crippen LogP contribution is 2.29. The van der Waals surface area contributed by atoms with Crippen LogP contribution in [0.5, 0.6) is 5.75 Å². The van der Waals surface area contributed by atoms with E-state index in [9.17, 15) is 8.42 Å². The Morgan fingerprint density at radius 1 is 1.40 bits per heavy atom. The summed E-state index contributed by atoms with van der Waals surface area (Å²) in [4.78, 5) is 2.32. The van der Waals surface area contributed by atoms with Crippen LogP contribution in [-0.4, -0.2) is 46.1 Å². The number of nitrogens with one attached hydrogen (secondary N) is 1. The van der Waals surface area contributed by atoms with Crippen molar-refractivity contribution in [2.45, 2.75) is 36.4 Å². The molecular weight excluding hydrogens is 296 g/mol. The molecule has 0 unspecified atom stereocenters. The van der Waals surface area contributed by atoms with Crippen LogP contribution < -0.4 is 9.46 Å². The maximum atomic E-state index is 12.3. The highest BCUT2D eigenvalue weighted by molar-refractivity contribution is 7.91. The van der Waals surface area contributed by atoms with E-state index in [0.29, 0.717) is 5.75 Å². The van der Waals surface area contributed by atoms with Crippen LogP contribution >= 0.6 is 11.3 Å². The van der Waals surface area contributed by atoms with Gasteiger partial charge in [0.05, 0.1) is 7.11 Å². The lowest BCUT2D eigenvalue weighted by Crippen LogP contribution is -2.43. The quantitative estimate of drug-likeness (QED) is 0.870. The van der Waals surface area contributed by atoms with Crippen LogP contribution in [0.2, 0.25) is 0 Å². The average molecular weight is 318 g/mol. The summed E-state index contributed by atoms with van der Waals surface area (Å²) in [6, 6.07) is 1.57. The van der Waals surface area contributed by atoms with Crippen molar-refractivity contribution in [3.63, 3.8) is 0 Å². The third-order valence-electron chi connectivity index (χ3n) is 3.40. The van der Waals surface area contributed by atoms with Crippen molar-refractivity contribution in [2.75, 3.05) is 26.7 Å². The standard InChI is InChI=1S/C13H22N2O3S2/c1-11(10-15-7-4-3-5-8-15)14-20(16,17)13-12(18-2)6-9-19-13/h6,9,11,14H,3-5,7-8,10H2,1-2H3/t11-/m1/s1. The van der Waals surface area contributed by atoms with Gasteiger partial charge in [0.2, 0.25) is 0 Å². The zero-order chi connectivity index (χ0) is 14.6. The lowest BCUT2D eigenvalue weighted by atomic mass is 10.1. The maximum absolute atomic E-state index is 12.3. The first-order valence-corrected chi connectivity index (χ1v) is 9.25. The first-order chi connectivity index (χ1) is 9.53. The van der Waals surface area contributed by atoms with Crippen LogP contribution in [0.15, 0.2) is 15.7 Å². The van der Waals surface area contributed by atoms with Gasteiger partial charge in [0.15, 0.2) is 4.21 Å². The predicted molar refractivity (Wildman–Crippen MR) is 80.9 cm³/mol. The SMILES string of the molecule is COc1ccsc1S(=O)(=O)N[C@H](C)CN1CCCCC1. The van der Waals surface area contributed by atoms with Gasteiger partial charge in [0.25, 0.3) is 10.0 Å². The third-order valence-corrected chi connectivity index (χ3v) is 6.43. The number of hydrogen-bond acceptors (Lipinski definition) is 5. The van der Waals surface area contributed by atoms with Crippen LogP contribution in [0.4, 0.5) is 0 Å². The normalized spacial score (nSPS) is 18.9. The van der Waals surface area contributed by atoms with E-state index in [4.69, 9.17) is 4.74 Å². The topological polar surface area (TPSA) is 58.6 Å². The summed E-state index contributed by atoms with van der Waals surface area (Å²) in [7, 11) is -2.01. The van der Waals surface area contributed by atoms with E-state index in [1.807, 2.05) is 6.92 Å². The Labute approximate surface area is 125 Å². The van der Waals surface area contributed by atoms with Gasteiger partial charge in [-0.15, -0.1) is 11.3 Å². The number of rotatable bonds is 6. The van der Waals surface area contributed by atoms with Gasteiger partial charge in [0.1, 0.15) is 5.75 Å². The van der Waals surface area contributed by atoms with Gasteiger partial charge in [-0.1, -0.05) is 6.42 Å². The molecule has 1 aromatic heterocycles. The second-order valence-corrected chi connectivity index (χ2v) is 7.99. The Morgan fingerprint density at radius 2 is 2.10 bits per heavy atom. The van der Waals surface area contributed by atoms with Crippen molar-refractivity contribution < 1.29 is 13.2 Å². The predicted octanol–water partition coefficient (Wildman–Crippen LogP) is 1.91. The molecule has 1 aliphatic heterocycles. The summed E-state index contributed by atoms with van der Waals surface area (Å²) in [5, 5.41) is 1.72. The fraction of sp³-hybridized carbons (Fsp3) is 0.692. The third kappa shape index (κ3) is 3.94. The molecule has 0 amide bonds. The van der Waals surface area contributed by atoms with Crippen molar-refractivity contribution >= 4 is 21.4 Å². The smallest absolute Gasteiger partial charge is 0.254 e. The van der Waals surface area contributed by atoms with E-state index in [0.717, 1.165) is 19.6 Å². The molecule has 0 saturated carbocycles. The molecule has 0 aromatic carbocycles. The molecule has 1 saturated heterocycles. The van der Waals surface area contributed by atoms with Crippen LogP contribution in [0.3, 0.4) is 0 Å². The maximum Gasteiger partial charge on any atom is 0.254 e. The van der Waals surface area contributed by atoms with Crippen LogP contribution in [0, 0.1) is 0 Å². The molecule has 7 heteroatoms. The van der Waals surface area contributed by atoms with Crippen molar-refractivity contribution in [2.24, 2.45) is 0 Å². The monoisotopic (exact) mass is 318 g/mol. The first kappa shape index (κ1) is 15.8. The van der Waals surface area contributed by atoms with Crippen LogP contribution in [0.1, 0.15) is 26.2 Å². The van der Waals surface area contributed by atoms with Gasteiger partial charge in [-0.3, -0.25) is 0 Å². The van der Waals surface area contributed by atoms with Gasteiger partial charge >= 0.3 is 0 Å². The van der Waals surface area contributed by atoms with E-state index in [1.165, 1.54) is 37.7 Å². The highest BCUT2D eigenvalue weighted by Gasteiger charge is 2.24. The Bertz CT molecular complexity index is 521. The Balaban J connectivity index is 1.97. The lowest BCUT2D eigenvalue weighted by Gasteiger charge is -2.29. The molecule has 20 heavy (non-hydrogen) atoms. The summed E-state index contributed by atoms with van der Waals surface area (Å²) in [6.07, 6.45) is 3.69. The van der Waals surface area contributed by atoms with E-state index in [-0.39, 0.29) is 10.3 Å². The average Bonchev–Trinajstić information content (AvgIpc) is 2.88. The van der Waals surface area contributed by atoms with Gasteiger partial charge in [-0.25, -0.2) is 13.1 Å². The number of nitrogens with zero attached hydrogens (tertiary/aromatic N) is 1. The molecule has 0 aliphatic carbocycles. The minimum Gasteiger partial charge on any atom is -0.494 e. The molecule has 1 atom stereocenters. The number of hydrogen-bond donors (Lipinski definition) is 1. The van der Waals surface area contributed by atoms with Gasteiger partial charge in [0, 0.05) is 12.6 Å². The summed E-state index contributed by atoms with van der Waals surface area (Å²) < 4.78 is 32.7. The minimum atomic E-state index is -3.49. The van der Waals surface area contributed by atoms with E-state index in [2.05, 4.69) is 9.62 Å². The number of ether oxygens (including phenoxy) is 1. The zero-order valence-electron chi connectivity index (χ0n) is 12.0.